The van der Waals surface area contributed by atoms with Gasteiger partial charge in [-0.3, -0.25) is 0 Å². The predicted molar refractivity (Wildman–Crippen MR) is 60.9 cm³/mol. The van der Waals surface area contributed by atoms with Crippen LogP contribution in [0.4, 0.5) is 0 Å². The molecular weight excluding hydrogens is 206 g/mol. The second kappa shape index (κ2) is 5.18. The Bertz CT molecular complexity index is 354. The molecular formula is C12H17NO3. The molecule has 4 heteroatoms. The summed E-state index contributed by atoms with van der Waals surface area (Å²) in [6, 6.07) is 6.06. The zero-order valence-electron chi connectivity index (χ0n) is 9.40. The lowest BCUT2D eigenvalue weighted by Gasteiger charge is -2.27. The number of nitrogens with one attached hydrogen (secondary N) is 1. The number of aliphatic hydroxyl groups excluding tert-OH is 1. The first-order valence-electron chi connectivity index (χ1n) is 5.50. The van der Waals surface area contributed by atoms with Gasteiger partial charge in [0.25, 0.3) is 0 Å². The summed E-state index contributed by atoms with van der Waals surface area (Å²) >= 11 is 0. The fourth-order valence-electron chi connectivity index (χ4n) is 1.95. The lowest BCUT2D eigenvalue weighted by Crippen LogP contribution is -2.29. The van der Waals surface area contributed by atoms with E-state index < -0.39 is 0 Å². The first kappa shape index (κ1) is 11.2. The molecule has 1 unspecified atom stereocenters. The van der Waals surface area contributed by atoms with Crippen molar-refractivity contribution in [3.05, 3.63) is 23.8 Å². The van der Waals surface area contributed by atoms with Crippen LogP contribution in [0.5, 0.6) is 11.5 Å². The van der Waals surface area contributed by atoms with E-state index in [9.17, 15) is 0 Å². The van der Waals surface area contributed by atoms with Crippen molar-refractivity contribution >= 4 is 0 Å². The van der Waals surface area contributed by atoms with Gasteiger partial charge in [0, 0.05) is 24.6 Å². The SMILES string of the molecule is COc1ccc2c(c1)C(NCCO)CCO2. The number of aliphatic hydroxyl groups is 1. The molecule has 0 aromatic heterocycles. The number of methoxy groups -OCH3 is 1. The van der Waals surface area contributed by atoms with E-state index in [2.05, 4.69) is 5.32 Å². The Morgan fingerprint density at radius 3 is 3.19 bits per heavy atom. The smallest absolute Gasteiger partial charge is 0.124 e. The molecule has 0 spiro atoms. The van der Waals surface area contributed by atoms with Crippen molar-refractivity contribution in [1.82, 2.24) is 5.32 Å². The van der Waals surface area contributed by atoms with Gasteiger partial charge < -0.3 is 19.9 Å². The van der Waals surface area contributed by atoms with Gasteiger partial charge >= 0.3 is 0 Å². The first-order chi connectivity index (χ1) is 7.85. The first-order valence-corrected chi connectivity index (χ1v) is 5.50. The Hall–Kier alpha value is -1.26. The molecule has 0 amide bonds. The Morgan fingerprint density at radius 2 is 2.44 bits per heavy atom. The monoisotopic (exact) mass is 223 g/mol. The maximum absolute atomic E-state index is 8.83. The van der Waals surface area contributed by atoms with Crippen molar-refractivity contribution in [3.8, 4) is 11.5 Å². The molecule has 0 radical (unpaired) electrons. The van der Waals surface area contributed by atoms with Crippen LogP contribution in [0.2, 0.25) is 0 Å². The van der Waals surface area contributed by atoms with Gasteiger partial charge in [0.2, 0.25) is 0 Å². The highest BCUT2D eigenvalue weighted by Crippen LogP contribution is 2.34. The number of benzene rings is 1. The summed E-state index contributed by atoms with van der Waals surface area (Å²) in [6.07, 6.45) is 0.917. The lowest BCUT2D eigenvalue weighted by molar-refractivity contribution is 0.236. The minimum atomic E-state index is 0.149. The van der Waals surface area contributed by atoms with Crippen LogP contribution in [-0.4, -0.2) is 32.0 Å². The molecule has 1 aromatic carbocycles. The molecule has 2 rings (SSSR count). The summed E-state index contributed by atoms with van der Waals surface area (Å²) < 4.78 is 10.8. The molecule has 0 saturated carbocycles. The molecule has 4 nitrogen and oxygen atoms in total. The Kier molecular flexibility index (Phi) is 3.64. The Labute approximate surface area is 95.2 Å². The fourth-order valence-corrected chi connectivity index (χ4v) is 1.95. The fraction of sp³-hybridized carbons (Fsp3) is 0.500. The standard InChI is InChI=1S/C12H17NO3/c1-15-9-2-3-12-10(8-9)11(4-7-16-12)13-5-6-14/h2-3,8,11,13-14H,4-7H2,1H3. The third-order valence-electron chi connectivity index (χ3n) is 2.76. The van der Waals surface area contributed by atoms with E-state index in [1.165, 1.54) is 0 Å². The minimum absolute atomic E-state index is 0.149. The summed E-state index contributed by atoms with van der Waals surface area (Å²) in [7, 11) is 1.65. The second-order valence-electron chi connectivity index (χ2n) is 3.77. The molecule has 1 aliphatic heterocycles. The topological polar surface area (TPSA) is 50.7 Å². The van der Waals surface area contributed by atoms with E-state index in [1.807, 2.05) is 18.2 Å². The van der Waals surface area contributed by atoms with Gasteiger partial charge in [0.15, 0.2) is 0 Å². The van der Waals surface area contributed by atoms with Crippen molar-refractivity contribution in [1.29, 1.82) is 0 Å². The lowest BCUT2D eigenvalue weighted by atomic mass is 10.0. The number of rotatable bonds is 4. The van der Waals surface area contributed by atoms with Crippen molar-refractivity contribution in [2.45, 2.75) is 12.5 Å². The van der Waals surface area contributed by atoms with Gasteiger partial charge in [-0.2, -0.15) is 0 Å². The van der Waals surface area contributed by atoms with E-state index in [0.29, 0.717) is 13.2 Å². The molecule has 0 saturated heterocycles. The molecule has 1 aliphatic rings. The van der Waals surface area contributed by atoms with Gasteiger partial charge in [-0.1, -0.05) is 0 Å². The summed E-state index contributed by atoms with van der Waals surface area (Å²) in [5.74, 6) is 1.74. The van der Waals surface area contributed by atoms with Crippen LogP contribution in [-0.2, 0) is 0 Å². The highest BCUT2D eigenvalue weighted by Gasteiger charge is 2.21. The van der Waals surface area contributed by atoms with Crippen molar-refractivity contribution in [2.75, 3.05) is 26.9 Å². The van der Waals surface area contributed by atoms with Crippen LogP contribution in [0.1, 0.15) is 18.0 Å². The number of hydrogen-bond donors (Lipinski definition) is 2. The van der Waals surface area contributed by atoms with Crippen molar-refractivity contribution in [2.24, 2.45) is 0 Å². The van der Waals surface area contributed by atoms with Crippen LogP contribution in [0, 0.1) is 0 Å². The van der Waals surface area contributed by atoms with E-state index in [0.717, 1.165) is 23.5 Å². The summed E-state index contributed by atoms with van der Waals surface area (Å²) in [5.41, 5.74) is 1.11. The van der Waals surface area contributed by atoms with E-state index >= 15 is 0 Å². The van der Waals surface area contributed by atoms with Crippen LogP contribution in [0.15, 0.2) is 18.2 Å². The average Bonchev–Trinajstić information content (AvgIpc) is 2.35. The summed E-state index contributed by atoms with van der Waals surface area (Å²) in [6.45, 7) is 1.46. The maximum Gasteiger partial charge on any atom is 0.124 e. The molecule has 2 N–H and O–H groups in total. The molecule has 88 valence electrons. The number of ether oxygens (including phenoxy) is 2. The molecule has 0 aliphatic carbocycles. The predicted octanol–water partition coefficient (Wildman–Crippen LogP) is 1.10. The Balaban J connectivity index is 2.21. The Morgan fingerprint density at radius 1 is 1.56 bits per heavy atom. The highest BCUT2D eigenvalue weighted by molar-refractivity contribution is 5.43. The van der Waals surface area contributed by atoms with Gasteiger partial charge in [-0.15, -0.1) is 0 Å². The zero-order chi connectivity index (χ0) is 11.4. The number of hydrogen-bond acceptors (Lipinski definition) is 4. The van der Waals surface area contributed by atoms with Gasteiger partial charge in [-0.25, -0.2) is 0 Å². The van der Waals surface area contributed by atoms with Crippen molar-refractivity contribution < 1.29 is 14.6 Å². The maximum atomic E-state index is 8.83. The molecule has 1 atom stereocenters. The third-order valence-corrected chi connectivity index (χ3v) is 2.76. The van der Waals surface area contributed by atoms with E-state index in [4.69, 9.17) is 14.6 Å². The molecule has 1 heterocycles. The van der Waals surface area contributed by atoms with Crippen LogP contribution < -0.4 is 14.8 Å². The number of fused-ring (bicyclic) bond motifs is 1. The summed E-state index contributed by atoms with van der Waals surface area (Å²) in [4.78, 5) is 0. The zero-order valence-corrected chi connectivity index (χ0v) is 9.40. The van der Waals surface area contributed by atoms with Gasteiger partial charge in [0.1, 0.15) is 11.5 Å². The quantitative estimate of drug-likeness (QED) is 0.802. The molecule has 0 fully saturated rings. The van der Waals surface area contributed by atoms with Crippen LogP contribution in [0.25, 0.3) is 0 Å². The van der Waals surface area contributed by atoms with Gasteiger partial charge in [-0.05, 0) is 18.2 Å². The molecule has 1 aromatic rings. The van der Waals surface area contributed by atoms with E-state index in [-0.39, 0.29) is 12.6 Å². The molecule has 16 heavy (non-hydrogen) atoms. The minimum Gasteiger partial charge on any atom is -0.497 e. The third kappa shape index (κ3) is 2.28. The summed E-state index contributed by atoms with van der Waals surface area (Å²) in [5, 5.41) is 12.1. The van der Waals surface area contributed by atoms with E-state index in [1.54, 1.807) is 7.11 Å². The highest BCUT2D eigenvalue weighted by atomic mass is 16.5. The largest absolute Gasteiger partial charge is 0.497 e. The normalized spacial score (nSPS) is 18.8. The van der Waals surface area contributed by atoms with Gasteiger partial charge in [0.05, 0.1) is 20.3 Å². The van der Waals surface area contributed by atoms with Crippen LogP contribution >= 0.6 is 0 Å². The van der Waals surface area contributed by atoms with Crippen molar-refractivity contribution in [3.63, 3.8) is 0 Å². The van der Waals surface area contributed by atoms with Crippen LogP contribution in [0.3, 0.4) is 0 Å². The average molecular weight is 223 g/mol. The second-order valence-corrected chi connectivity index (χ2v) is 3.77. The molecule has 0 bridgehead atoms.